The zero-order valence-corrected chi connectivity index (χ0v) is 14.7. The Morgan fingerprint density at radius 3 is 2.68 bits per heavy atom. The second kappa shape index (κ2) is 6.28. The molecule has 4 heteroatoms. The van der Waals surface area contributed by atoms with E-state index in [0.29, 0.717) is 6.54 Å². The Balaban J connectivity index is 1.60. The van der Waals surface area contributed by atoms with Crippen molar-refractivity contribution >= 4 is 22.6 Å². The number of aryl methyl sites for hydroxylation is 2. The van der Waals surface area contributed by atoms with Gasteiger partial charge in [0.2, 0.25) is 0 Å². The summed E-state index contributed by atoms with van der Waals surface area (Å²) < 4.78 is 2.30. The van der Waals surface area contributed by atoms with E-state index in [1.165, 1.54) is 27.6 Å². The lowest BCUT2D eigenvalue weighted by Crippen LogP contribution is -2.35. The van der Waals surface area contributed by atoms with Crippen LogP contribution in [0, 0.1) is 6.92 Å². The number of carbonyl (C=O) groups is 1. The molecule has 1 N–H and O–H groups in total. The monoisotopic (exact) mass is 333 g/mol. The molecule has 0 saturated heterocycles. The zero-order valence-electron chi connectivity index (χ0n) is 14.7. The van der Waals surface area contributed by atoms with Crippen molar-refractivity contribution in [2.45, 2.75) is 33.4 Å². The van der Waals surface area contributed by atoms with Gasteiger partial charge in [-0.3, -0.25) is 0 Å². The fourth-order valence-electron chi connectivity index (χ4n) is 3.65. The van der Waals surface area contributed by atoms with E-state index >= 15 is 0 Å². The quantitative estimate of drug-likeness (QED) is 0.733. The molecule has 0 saturated carbocycles. The topological polar surface area (TPSA) is 37.3 Å². The molecule has 128 valence electrons. The lowest BCUT2D eigenvalue weighted by atomic mass is 10.1. The van der Waals surface area contributed by atoms with E-state index in [4.69, 9.17) is 0 Å². The van der Waals surface area contributed by atoms with Gasteiger partial charge in [0.25, 0.3) is 0 Å². The number of nitrogens with one attached hydrogen (secondary N) is 1. The highest BCUT2D eigenvalue weighted by Crippen LogP contribution is 2.29. The SMILES string of the molecule is CCn1cc2c3c(cccc31)CN(C(=O)Nc1ccc(C)cc1)CC2. The fraction of sp³-hybridized carbons (Fsp3) is 0.286. The second-order valence-electron chi connectivity index (χ2n) is 6.72. The maximum Gasteiger partial charge on any atom is 0.322 e. The van der Waals surface area contributed by atoms with Crippen LogP contribution in [0.3, 0.4) is 0 Å². The van der Waals surface area contributed by atoms with Crippen LogP contribution in [0.4, 0.5) is 10.5 Å². The van der Waals surface area contributed by atoms with Crippen LogP contribution in [0.5, 0.6) is 0 Å². The maximum atomic E-state index is 12.7. The van der Waals surface area contributed by atoms with E-state index in [1.54, 1.807) is 0 Å². The molecular formula is C21H23N3O. The Labute approximate surface area is 148 Å². The summed E-state index contributed by atoms with van der Waals surface area (Å²) in [7, 11) is 0. The van der Waals surface area contributed by atoms with E-state index in [1.807, 2.05) is 36.1 Å². The first-order valence-electron chi connectivity index (χ1n) is 8.88. The average molecular weight is 333 g/mol. The van der Waals surface area contributed by atoms with Crippen LogP contribution in [0.1, 0.15) is 23.6 Å². The highest BCUT2D eigenvalue weighted by atomic mass is 16.2. The van der Waals surface area contributed by atoms with Crippen LogP contribution >= 0.6 is 0 Å². The number of hydrogen-bond donors (Lipinski definition) is 1. The molecule has 3 aromatic rings. The molecule has 0 atom stereocenters. The van der Waals surface area contributed by atoms with Crippen molar-refractivity contribution in [2.75, 3.05) is 11.9 Å². The molecule has 0 spiro atoms. The van der Waals surface area contributed by atoms with Gasteiger partial charge in [0.1, 0.15) is 0 Å². The smallest absolute Gasteiger partial charge is 0.322 e. The number of benzene rings is 2. The van der Waals surface area contributed by atoms with Crippen LogP contribution in [0.15, 0.2) is 48.7 Å². The predicted molar refractivity (Wildman–Crippen MR) is 102 cm³/mol. The minimum Gasteiger partial charge on any atom is -0.347 e. The number of nitrogens with zero attached hydrogens (tertiary/aromatic N) is 2. The van der Waals surface area contributed by atoms with E-state index in [-0.39, 0.29) is 6.03 Å². The van der Waals surface area contributed by atoms with Gasteiger partial charge in [-0.1, -0.05) is 29.8 Å². The number of urea groups is 1. The molecule has 0 unspecified atom stereocenters. The molecule has 4 nitrogen and oxygen atoms in total. The van der Waals surface area contributed by atoms with E-state index in [2.05, 4.69) is 41.2 Å². The minimum atomic E-state index is -0.0330. The van der Waals surface area contributed by atoms with Crippen LogP contribution < -0.4 is 5.32 Å². The Hall–Kier alpha value is -2.75. The Bertz CT molecular complexity index is 924. The molecule has 25 heavy (non-hydrogen) atoms. The Kier molecular flexibility index (Phi) is 3.96. The van der Waals surface area contributed by atoms with Gasteiger partial charge in [0.15, 0.2) is 0 Å². The first-order valence-corrected chi connectivity index (χ1v) is 8.88. The molecule has 0 aliphatic carbocycles. The van der Waals surface area contributed by atoms with Crippen molar-refractivity contribution in [3.63, 3.8) is 0 Å². The van der Waals surface area contributed by atoms with Gasteiger partial charge in [0.05, 0.1) is 0 Å². The lowest BCUT2D eigenvalue weighted by Gasteiger charge is -2.22. The molecule has 1 aliphatic heterocycles. The number of rotatable bonds is 2. The summed E-state index contributed by atoms with van der Waals surface area (Å²) in [6.45, 7) is 6.56. The molecule has 0 radical (unpaired) electrons. The number of hydrogen-bond acceptors (Lipinski definition) is 1. The van der Waals surface area contributed by atoms with Gasteiger partial charge in [0, 0.05) is 42.4 Å². The van der Waals surface area contributed by atoms with Gasteiger partial charge in [-0.05, 0) is 49.6 Å². The van der Waals surface area contributed by atoms with Crippen molar-refractivity contribution in [1.29, 1.82) is 0 Å². The molecule has 2 heterocycles. The van der Waals surface area contributed by atoms with Crippen molar-refractivity contribution in [1.82, 2.24) is 9.47 Å². The number of amides is 2. The summed E-state index contributed by atoms with van der Waals surface area (Å²) in [6.07, 6.45) is 3.14. The van der Waals surface area contributed by atoms with Gasteiger partial charge >= 0.3 is 6.03 Å². The predicted octanol–water partition coefficient (Wildman–Crippen LogP) is 4.56. The standard InChI is InChI=1S/C21H23N3O/c1-3-23-13-17-11-12-24(14-16-5-4-6-19(23)20(16)17)21(25)22-18-9-7-15(2)8-10-18/h4-10,13H,3,11-12,14H2,1-2H3,(H,22,25). The lowest BCUT2D eigenvalue weighted by molar-refractivity contribution is 0.210. The van der Waals surface area contributed by atoms with E-state index < -0.39 is 0 Å². The van der Waals surface area contributed by atoms with Gasteiger partial charge in [-0.25, -0.2) is 4.79 Å². The van der Waals surface area contributed by atoms with Crippen molar-refractivity contribution in [3.8, 4) is 0 Å². The molecular weight excluding hydrogens is 310 g/mol. The van der Waals surface area contributed by atoms with Gasteiger partial charge in [-0.15, -0.1) is 0 Å². The third kappa shape index (κ3) is 2.88. The second-order valence-corrected chi connectivity index (χ2v) is 6.72. The fourth-order valence-corrected chi connectivity index (χ4v) is 3.65. The summed E-state index contributed by atoms with van der Waals surface area (Å²) in [5, 5.41) is 4.35. The summed E-state index contributed by atoms with van der Waals surface area (Å²) in [4.78, 5) is 14.6. The van der Waals surface area contributed by atoms with Crippen LogP contribution in [-0.2, 0) is 19.5 Å². The Morgan fingerprint density at radius 2 is 1.92 bits per heavy atom. The number of aromatic nitrogens is 1. The molecule has 1 aliphatic rings. The summed E-state index contributed by atoms with van der Waals surface area (Å²) in [5.41, 5.74) is 5.88. The first kappa shape index (κ1) is 15.8. The van der Waals surface area contributed by atoms with Crippen molar-refractivity contribution in [2.24, 2.45) is 0 Å². The normalized spacial score (nSPS) is 13.8. The number of carbonyl (C=O) groups excluding carboxylic acids is 1. The summed E-state index contributed by atoms with van der Waals surface area (Å²) >= 11 is 0. The molecule has 4 rings (SSSR count). The van der Waals surface area contributed by atoms with E-state index in [0.717, 1.165) is 25.2 Å². The summed E-state index contributed by atoms with van der Waals surface area (Å²) in [6, 6.07) is 14.3. The zero-order chi connectivity index (χ0) is 17.4. The maximum absolute atomic E-state index is 12.7. The average Bonchev–Trinajstić information content (AvgIpc) is 2.87. The molecule has 2 aromatic carbocycles. The molecule has 1 aromatic heterocycles. The molecule has 0 bridgehead atoms. The molecule has 0 fully saturated rings. The van der Waals surface area contributed by atoms with Crippen LogP contribution in [0.25, 0.3) is 10.9 Å². The first-order chi connectivity index (χ1) is 12.2. The largest absolute Gasteiger partial charge is 0.347 e. The van der Waals surface area contributed by atoms with Gasteiger partial charge in [-0.2, -0.15) is 0 Å². The Morgan fingerprint density at radius 1 is 1.12 bits per heavy atom. The van der Waals surface area contributed by atoms with Crippen molar-refractivity contribution < 1.29 is 4.79 Å². The van der Waals surface area contributed by atoms with Crippen molar-refractivity contribution in [3.05, 3.63) is 65.4 Å². The summed E-state index contributed by atoms with van der Waals surface area (Å²) in [5.74, 6) is 0. The van der Waals surface area contributed by atoms with Gasteiger partial charge < -0.3 is 14.8 Å². The van der Waals surface area contributed by atoms with E-state index in [9.17, 15) is 4.79 Å². The number of anilines is 1. The third-order valence-electron chi connectivity index (χ3n) is 5.01. The molecule has 2 amide bonds. The van der Waals surface area contributed by atoms with Crippen LogP contribution in [-0.4, -0.2) is 22.0 Å². The highest BCUT2D eigenvalue weighted by molar-refractivity contribution is 5.91. The highest BCUT2D eigenvalue weighted by Gasteiger charge is 2.22. The van der Waals surface area contributed by atoms with Crippen LogP contribution in [0.2, 0.25) is 0 Å². The minimum absolute atomic E-state index is 0.0330. The third-order valence-corrected chi connectivity index (χ3v) is 5.01.